The lowest BCUT2D eigenvalue weighted by molar-refractivity contribution is 0.102. The van der Waals surface area contributed by atoms with Crippen molar-refractivity contribution in [2.75, 3.05) is 18.2 Å². The molecule has 3 N–H and O–H groups in total. The van der Waals surface area contributed by atoms with Crippen LogP contribution in [0.3, 0.4) is 0 Å². The van der Waals surface area contributed by atoms with Gasteiger partial charge in [-0.25, -0.2) is 4.98 Å². The van der Waals surface area contributed by atoms with Crippen LogP contribution < -0.4 is 15.8 Å². The molecule has 98 valence electrons. The van der Waals surface area contributed by atoms with Crippen molar-refractivity contribution in [3.63, 3.8) is 0 Å². The summed E-state index contributed by atoms with van der Waals surface area (Å²) in [6, 6.07) is 5.23. The third-order valence-electron chi connectivity index (χ3n) is 2.25. The van der Waals surface area contributed by atoms with E-state index in [0.717, 1.165) is 4.47 Å². The fourth-order valence-electron chi connectivity index (χ4n) is 1.44. The molecule has 2 rings (SSSR count). The fourth-order valence-corrected chi connectivity index (χ4v) is 1.91. The molecule has 6 nitrogen and oxygen atoms in total. The first-order valence-corrected chi connectivity index (χ1v) is 6.11. The summed E-state index contributed by atoms with van der Waals surface area (Å²) in [6.07, 6.45) is 2.72. The van der Waals surface area contributed by atoms with Gasteiger partial charge < -0.3 is 15.8 Å². The SMILES string of the molecule is COc1cc(Br)cc(NC(=O)c2cncc(N)n2)c1. The van der Waals surface area contributed by atoms with Crippen LogP contribution in [0.5, 0.6) is 5.75 Å². The number of benzene rings is 1. The van der Waals surface area contributed by atoms with E-state index in [2.05, 4.69) is 31.2 Å². The summed E-state index contributed by atoms with van der Waals surface area (Å²) >= 11 is 3.33. The van der Waals surface area contributed by atoms with Crippen LogP contribution in [0.1, 0.15) is 10.5 Å². The Labute approximate surface area is 118 Å². The Morgan fingerprint density at radius 1 is 1.37 bits per heavy atom. The van der Waals surface area contributed by atoms with Crippen molar-refractivity contribution >= 4 is 33.3 Å². The van der Waals surface area contributed by atoms with Crippen molar-refractivity contribution in [3.8, 4) is 5.75 Å². The lowest BCUT2D eigenvalue weighted by Gasteiger charge is -2.07. The first-order valence-electron chi connectivity index (χ1n) is 5.32. The molecular formula is C12H11BrN4O2. The number of anilines is 2. The van der Waals surface area contributed by atoms with E-state index in [-0.39, 0.29) is 17.4 Å². The number of hydrogen-bond acceptors (Lipinski definition) is 5. The van der Waals surface area contributed by atoms with Gasteiger partial charge >= 0.3 is 0 Å². The maximum atomic E-state index is 12.0. The average molecular weight is 323 g/mol. The topological polar surface area (TPSA) is 90.1 Å². The fraction of sp³-hybridized carbons (Fsp3) is 0.0833. The number of nitrogens with zero attached hydrogens (tertiary/aromatic N) is 2. The molecule has 0 atom stereocenters. The molecule has 0 fully saturated rings. The van der Waals surface area contributed by atoms with Crippen molar-refractivity contribution in [2.45, 2.75) is 0 Å². The number of rotatable bonds is 3. The Balaban J connectivity index is 2.21. The van der Waals surface area contributed by atoms with E-state index in [1.54, 1.807) is 25.3 Å². The van der Waals surface area contributed by atoms with Gasteiger partial charge in [-0.1, -0.05) is 15.9 Å². The van der Waals surface area contributed by atoms with Gasteiger partial charge in [0.1, 0.15) is 17.3 Å². The molecule has 1 heterocycles. The van der Waals surface area contributed by atoms with Crippen LogP contribution in [-0.4, -0.2) is 23.0 Å². The van der Waals surface area contributed by atoms with Crippen molar-refractivity contribution < 1.29 is 9.53 Å². The number of amides is 1. The van der Waals surface area contributed by atoms with Gasteiger partial charge in [0.25, 0.3) is 5.91 Å². The zero-order chi connectivity index (χ0) is 13.8. The summed E-state index contributed by atoms with van der Waals surface area (Å²) in [5.74, 6) is 0.433. The summed E-state index contributed by atoms with van der Waals surface area (Å²) in [6.45, 7) is 0. The number of nitrogen functional groups attached to an aromatic ring is 1. The third-order valence-corrected chi connectivity index (χ3v) is 2.71. The molecule has 0 aliphatic carbocycles. The molecule has 0 spiro atoms. The summed E-state index contributed by atoms with van der Waals surface area (Å²) in [5.41, 5.74) is 6.21. The molecule has 0 bridgehead atoms. The van der Waals surface area contributed by atoms with Gasteiger partial charge in [0.2, 0.25) is 0 Å². The summed E-state index contributed by atoms with van der Waals surface area (Å²) in [4.78, 5) is 19.7. The highest BCUT2D eigenvalue weighted by Gasteiger charge is 2.09. The highest BCUT2D eigenvalue weighted by molar-refractivity contribution is 9.10. The van der Waals surface area contributed by atoms with Crippen molar-refractivity contribution in [1.82, 2.24) is 9.97 Å². The van der Waals surface area contributed by atoms with E-state index in [1.807, 2.05) is 0 Å². The molecule has 19 heavy (non-hydrogen) atoms. The Morgan fingerprint density at radius 2 is 2.16 bits per heavy atom. The van der Waals surface area contributed by atoms with Crippen LogP contribution in [0.4, 0.5) is 11.5 Å². The molecule has 0 radical (unpaired) electrons. The highest BCUT2D eigenvalue weighted by Crippen LogP contribution is 2.24. The number of halogens is 1. The molecule has 1 amide bonds. The maximum absolute atomic E-state index is 12.0. The number of carbonyl (C=O) groups excluding carboxylic acids is 1. The van der Waals surface area contributed by atoms with Gasteiger partial charge in [-0.15, -0.1) is 0 Å². The number of hydrogen-bond donors (Lipinski definition) is 2. The van der Waals surface area contributed by atoms with Crippen molar-refractivity contribution in [2.24, 2.45) is 0 Å². The number of ether oxygens (including phenoxy) is 1. The number of methoxy groups -OCH3 is 1. The second kappa shape index (κ2) is 5.66. The smallest absolute Gasteiger partial charge is 0.275 e. The van der Waals surface area contributed by atoms with Crippen LogP contribution in [-0.2, 0) is 0 Å². The molecule has 0 aliphatic heterocycles. The monoisotopic (exact) mass is 322 g/mol. The van der Waals surface area contributed by atoms with Crippen molar-refractivity contribution in [1.29, 1.82) is 0 Å². The van der Waals surface area contributed by atoms with Gasteiger partial charge in [0.05, 0.1) is 19.5 Å². The van der Waals surface area contributed by atoms with E-state index in [1.165, 1.54) is 12.4 Å². The molecule has 1 aromatic carbocycles. The molecule has 7 heteroatoms. The second-order valence-electron chi connectivity index (χ2n) is 3.66. The van der Waals surface area contributed by atoms with Crippen LogP contribution in [0.15, 0.2) is 35.1 Å². The minimum Gasteiger partial charge on any atom is -0.497 e. The van der Waals surface area contributed by atoms with Gasteiger partial charge in [0, 0.05) is 16.2 Å². The number of carbonyl (C=O) groups is 1. The Hall–Kier alpha value is -2.15. The third kappa shape index (κ3) is 3.41. The molecule has 0 unspecified atom stereocenters. The minimum atomic E-state index is -0.389. The standard InChI is InChI=1S/C12H11BrN4O2/c1-19-9-3-7(13)2-8(4-9)16-12(18)10-5-15-6-11(14)17-10/h2-6H,1H3,(H2,14,17)(H,16,18). The van der Waals surface area contributed by atoms with E-state index in [9.17, 15) is 4.79 Å². The number of nitrogens with two attached hydrogens (primary N) is 1. The van der Waals surface area contributed by atoms with E-state index in [0.29, 0.717) is 11.4 Å². The Kier molecular flexibility index (Phi) is 3.96. The summed E-state index contributed by atoms with van der Waals surface area (Å²) < 4.78 is 5.91. The summed E-state index contributed by atoms with van der Waals surface area (Å²) in [7, 11) is 1.55. The number of aromatic nitrogens is 2. The van der Waals surface area contributed by atoms with Gasteiger partial charge in [-0.2, -0.15) is 0 Å². The van der Waals surface area contributed by atoms with Crippen LogP contribution in [0.2, 0.25) is 0 Å². The average Bonchev–Trinajstić information content (AvgIpc) is 2.38. The van der Waals surface area contributed by atoms with E-state index >= 15 is 0 Å². The number of nitrogens with one attached hydrogen (secondary N) is 1. The Bertz CT molecular complexity index is 618. The summed E-state index contributed by atoms with van der Waals surface area (Å²) in [5, 5.41) is 2.69. The predicted octanol–water partition coefficient (Wildman–Crippen LogP) is 2.08. The predicted molar refractivity (Wildman–Crippen MR) is 75.1 cm³/mol. The van der Waals surface area contributed by atoms with Crippen LogP contribution in [0, 0.1) is 0 Å². The second-order valence-corrected chi connectivity index (χ2v) is 4.58. The quantitative estimate of drug-likeness (QED) is 0.902. The maximum Gasteiger partial charge on any atom is 0.275 e. The Morgan fingerprint density at radius 3 is 2.84 bits per heavy atom. The molecule has 0 saturated carbocycles. The van der Waals surface area contributed by atoms with E-state index in [4.69, 9.17) is 10.5 Å². The van der Waals surface area contributed by atoms with Crippen molar-refractivity contribution in [3.05, 3.63) is 40.8 Å². The molecule has 1 aromatic heterocycles. The zero-order valence-electron chi connectivity index (χ0n) is 10.1. The lowest BCUT2D eigenvalue weighted by atomic mass is 10.3. The van der Waals surface area contributed by atoms with E-state index < -0.39 is 0 Å². The molecular weight excluding hydrogens is 312 g/mol. The van der Waals surface area contributed by atoms with Crippen LogP contribution >= 0.6 is 15.9 Å². The highest BCUT2D eigenvalue weighted by atomic mass is 79.9. The zero-order valence-corrected chi connectivity index (χ0v) is 11.6. The van der Waals surface area contributed by atoms with Gasteiger partial charge in [-0.3, -0.25) is 9.78 Å². The molecule has 0 saturated heterocycles. The minimum absolute atomic E-state index is 0.152. The van der Waals surface area contributed by atoms with Gasteiger partial charge in [-0.05, 0) is 12.1 Å². The van der Waals surface area contributed by atoms with Gasteiger partial charge in [0.15, 0.2) is 0 Å². The molecule has 2 aromatic rings. The first kappa shape index (κ1) is 13.3. The first-order chi connectivity index (χ1) is 9.08. The largest absolute Gasteiger partial charge is 0.497 e. The molecule has 0 aliphatic rings. The normalized spacial score (nSPS) is 10.0. The lowest BCUT2D eigenvalue weighted by Crippen LogP contribution is -2.14. The van der Waals surface area contributed by atoms with Crippen LogP contribution in [0.25, 0.3) is 0 Å².